The smallest absolute Gasteiger partial charge is 0.404 e. The first-order valence-corrected chi connectivity index (χ1v) is 12.8. The highest BCUT2D eigenvalue weighted by molar-refractivity contribution is 7.89. The molecular formula is C22H28N6O6S. The zero-order valence-corrected chi connectivity index (χ0v) is 20.6. The Kier molecular flexibility index (Phi) is 6.81. The molecule has 1 saturated heterocycles. The molecule has 0 saturated carbocycles. The van der Waals surface area contributed by atoms with E-state index >= 15 is 0 Å². The average Bonchev–Trinajstić information content (AvgIpc) is 3.08. The number of aromatic amines is 1. The Bertz CT molecular complexity index is 1420. The molecule has 0 aliphatic carbocycles. The number of amides is 1. The topological polar surface area (TPSA) is 160 Å². The van der Waals surface area contributed by atoms with Crippen molar-refractivity contribution < 1.29 is 23.1 Å². The minimum absolute atomic E-state index is 0.0308. The van der Waals surface area contributed by atoms with Crippen molar-refractivity contribution >= 4 is 27.1 Å². The number of aryl methyl sites for hydroxylation is 2. The van der Waals surface area contributed by atoms with E-state index < -0.39 is 16.1 Å². The molecule has 4 rings (SSSR count). The van der Waals surface area contributed by atoms with Gasteiger partial charge in [0, 0.05) is 32.6 Å². The van der Waals surface area contributed by atoms with Gasteiger partial charge in [-0.3, -0.25) is 9.48 Å². The third-order valence-electron chi connectivity index (χ3n) is 5.86. The van der Waals surface area contributed by atoms with E-state index in [1.807, 2.05) is 6.92 Å². The Morgan fingerprint density at radius 3 is 2.71 bits per heavy atom. The molecule has 0 bridgehead atoms. The van der Waals surface area contributed by atoms with Crippen LogP contribution in [-0.4, -0.2) is 69.9 Å². The standard InChI is InChI=1S/C22H28N6O6S/c1-4-6-16-18-19(27(3)26-16)21(29)25-20(24-18)15-9-14(7-8-17(15)34-5-2)35(32,33)28-11-13(12-28)10-23-22(30)31/h7-9,13,23H,4-6,10-12H2,1-3H3,(H,30,31)(H,24,25,29). The van der Waals surface area contributed by atoms with Gasteiger partial charge in [-0.2, -0.15) is 9.40 Å². The molecule has 2 aromatic heterocycles. The maximum absolute atomic E-state index is 13.2. The van der Waals surface area contributed by atoms with Gasteiger partial charge in [-0.25, -0.2) is 18.2 Å². The summed E-state index contributed by atoms with van der Waals surface area (Å²) >= 11 is 0. The predicted molar refractivity (Wildman–Crippen MR) is 128 cm³/mol. The van der Waals surface area contributed by atoms with Crippen LogP contribution >= 0.6 is 0 Å². The van der Waals surface area contributed by atoms with Crippen LogP contribution in [0.1, 0.15) is 26.0 Å². The first kappa shape index (κ1) is 24.7. The lowest BCUT2D eigenvalue weighted by atomic mass is 10.0. The monoisotopic (exact) mass is 504 g/mol. The van der Waals surface area contributed by atoms with Crippen molar-refractivity contribution in [2.75, 3.05) is 26.2 Å². The Balaban J connectivity index is 1.73. The highest BCUT2D eigenvalue weighted by Crippen LogP contribution is 2.33. The number of fused-ring (bicyclic) bond motifs is 1. The Labute approximate surface area is 202 Å². The van der Waals surface area contributed by atoms with Gasteiger partial charge >= 0.3 is 6.09 Å². The van der Waals surface area contributed by atoms with Gasteiger partial charge in [-0.1, -0.05) is 13.3 Å². The second-order valence-corrected chi connectivity index (χ2v) is 10.3. The van der Waals surface area contributed by atoms with Crippen LogP contribution < -0.4 is 15.6 Å². The van der Waals surface area contributed by atoms with Gasteiger partial charge in [-0.15, -0.1) is 0 Å². The summed E-state index contributed by atoms with van der Waals surface area (Å²) in [6.45, 7) is 4.76. The van der Waals surface area contributed by atoms with Crippen LogP contribution in [0.25, 0.3) is 22.4 Å². The molecule has 1 aliphatic rings. The van der Waals surface area contributed by atoms with Crippen LogP contribution in [0.4, 0.5) is 4.79 Å². The lowest BCUT2D eigenvalue weighted by Gasteiger charge is -2.37. The fraction of sp³-hybridized carbons (Fsp3) is 0.455. The summed E-state index contributed by atoms with van der Waals surface area (Å²) in [6, 6.07) is 4.45. The van der Waals surface area contributed by atoms with Gasteiger partial charge in [0.15, 0.2) is 5.52 Å². The normalized spacial score (nSPS) is 14.7. The number of ether oxygens (including phenoxy) is 1. The largest absolute Gasteiger partial charge is 0.493 e. The van der Waals surface area contributed by atoms with Crippen molar-refractivity contribution in [1.29, 1.82) is 0 Å². The average molecular weight is 505 g/mol. The van der Waals surface area contributed by atoms with E-state index in [1.165, 1.54) is 21.1 Å². The molecule has 3 heterocycles. The van der Waals surface area contributed by atoms with Gasteiger partial charge in [-0.05, 0) is 31.5 Å². The van der Waals surface area contributed by atoms with Gasteiger partial charge < -0.3 is 20.1 Å². The van der Waals surface area contributed by atoms with Gasteiger partial charge in [0.2, 0.25) is 10.0 Å². The van der Waals surface area contributed by atoms with Crippen molar-refractivity contribution in [2.45, 2.75) is 31.6 Å². The van der Waals surface area contributed by atoms with E-state index in [-0.39, 0.29) is 41.8 Å². The number of rotatable bonds is 9. The number of carboxylic acid groups (broad SMARTS) is 1. The molecule has 1 aliphatic heterocycles. The summed E-state index contributed by atoms with van der Waals surface area (Å²) in [5.41, 5.74) is 1.49. The Morgan fingerprint density at radius 1 is 1.31 bits per heavy atom. The van der Waals surface area contributed by atoms with E-state index in [0.717, 1.165) is 6.42 Å². The molecule has 0 atom stereocenters. The number of carbonyl (C=O) groups is 1. The van der Waals surface area contributed by atoms with Crippen molar-refractivity contribution in [1.82, 2.24) is 29.4 Å². The molecule has 0 unspecified atom stereocenters. The summed E-state index contributed by atoms with van der Waals surface area (Å²) in [5, 5.41) is 15.4. The van der Waals surface area contributed by atoms with Crippen LogP contribution in [0, 0.1) is 5.92 Å². The molecule has 0 spiro atoms. The molecule has 3 aromatic rings. The molecule has 188 valence electrons. The van der Waals surface area contributed by atoms with Crippen LogP contribution in [0.3, 0.4) is 0 Å². The number of nitrogens with zero attached hydrogens (tertiary/aromatic N) is 4. The maximum Gasteiger partial charge on any atom is 0.404 e. The molecule has 3 N–H and O–H groups in total. The van der Waals surface area contributed by atoms with E-state index in [1.54, 1.807) is 20.0 Å². The summed E-state index contributed by atoms with van der Waals surface area (Å²) in [6.07, 6.45) is 0.330. The zero-order valence-electron chi connectivity index (χ0n) is 19.7. The Morgan fingerprint density at radius 2 is 2.06 bits per heavy atom. The third-order valence-corrected chi connectivity index (χ3v) is 7.69. The third kappa shape index (κ3) is 4.73. The summed E-state index contributed by atoms with van der Waals surface area (Å²) in [5.74, 6) is 0.494. The van der Waals surface area contributed by atoms with Gasteiger partial charge in [0.1, 0.15) is 17.1 Å². The lowest BCUT2D eigenvalue weighted by Crippen LogP contribution is -2.53. The zero-order chi connectivity index (χ0) is 25.3. The number of hydrogen-bond donors (Lipinski definition) is 3. The SMILES string of the molecule is CCCc1nn(C)c2c(=O)[nH]c(-c3cc(S(=O)(=O)N4CC(CNC(=O)O)C4)ccc3OCC)nc12. The van der Waals surface area contributed by atoms with Crippen molar-refractivity contribution in [2.24, 2.45) is 13.0 Å². The highest BCUT2D eigenvalue weighted by Gasteiger charge is 2.37. The number of H-pyrrole nitrogens is 1. The summed E-state index contributed by atoms with van der Waals surface area (Å²) in [7, 11) is -2.15. The highest BCUT2D eigenvalue weighted by atomic mass is 32.2. The maximum atomic E-state index is 13.2. The minimum atomic E-state index is -3.83. The molecule has 12 nitrogen and oxygen atoms in total. The Hall–Kier alpha value is -3.45. The van der Waals surface area contributed by atoms with E-state index in [4.69, 9.17) is 9.84 Å². The van der Waals surface area contributed by atoms with Gasteiger partial charge in [0.05, 0.1) is 22.8 Å². The fourth-order valence-electron chi connectivity index (χ4n) is 4.14. The van der Waals surface area contributed by atoms with E-state index in [0.29, 0.717) is 41.1 Å². The summed E-state index contributed by atoms with van der Waals surface area (Å²) in [4.78, 5) is 31.0. The van der Waals surface area contributed by atoms with Gasteiger partial charge in [0.25, 0.3) is 5.56 Å². The number of benzene rings is 1. The molecular weight excluding hydrogens is 476 g/mol. The second kappa shape index (κ2) is 9.66. The number of nitrogens with one attached hydrogen (secondary N) is 2. The summed E-state index contributed by atoms with van der Waals surface area (Å²) < 4.78 is 34.9. The molecule has 0 radical (unpaired) electrons. The molecule has 35 heavy (non-hydrogen) atoms. The van der Waals surface area contributed by atoms with Crippen LogP contribution in [0.2, 0.25) is 0 Å². The number of sulfonamides is 1. The lowest BCUT2D eigenvalue weighted by molar-refractivity contribution is 0.172. The van der Waals surface area contributed by atoms with Crippen molar-refractivity contribution in [3.8, 4) is 17.1 Å². The molecule has 1 fully saturated rings. The fourth-order valence-corrected chi connectivity index (χ4v) is 5.76. The van der Waals surface area contributed by atoms with Crippen molar-refractivity contribution in [3.63, 3.8) is 0 Å². The number of aromatic nitrogens is 4. The van der Waals surface area contributed by atoms with Crippen molar-refractivity contribution in [3.05, 3.63) is 34.2 Å². The molecule has 13 heteroatoms. The second-order valence-electron chi connectivity index (χ2n) is 8.40. The van der Waals surface area contributed by atoms with E-state index in [2.05, 4.69) is 20.4 Å². The first-order chi connectivity index (χ1) is 16.6. The van der Waals surface area contributed by atoms with Crippen LogP contribution in [-0.2, 0) is 23.5 Å². The quantitative estimate of drug-likeness (QED) is 0.396. The molecule has 1 aromatic carbocycles. The van der Waals surface area contributed by atoms with E-state index in [9.17, 15) is 18.0 Å². The molecule has 1 amide bonds. The van der Waals surface area contributed by atoms with Crippen LogP contribution in [0.5, 0.6) is 5.75 Å². The minimum Gasteiger partial charge on any atom is -0.493 e. The first-order valence-electron chi connectivity index (χ1n) is 11.4. The van der Waals surface area contributed by atoms with Crippen LogP contribution in [0.15, 0.2) is 27.9 Å². The predicted octanol–water partition coefficient (Wildman–Crippen LogP) is 1.56. The number of hydrogen-bond acceptors (Lipinski definition) is 7.